The van der Waals surface area contributed by atoms with Crippen LogP contribution in [-0.4, -0.2) is 18.6 Å². The molecule has 32 heavy (non-hydrogen) atoms. The molecule has 0 atom stereocenters. The van der Waals surface area contributed by atoms with Gasteiger partial charge in [-0.3, -0.25) is 9.09 Å². The maximum absolute atomic E-state index is 14.3. The van der Waals surface area contributed by atoms with Gasteiger partial charge in [0.15, 0.2) is 16.8 Å². The molecule has 8 heteroatoms. The Morgan fingerprint density at radius 1 is 0.844 bits per heavy atom. The molecule has 0 unspecified atom stereocenters. The van der Waals surface area contributed by atoms with Crippen LogP contribution in [0.1, 0.15) is 97.3 Å². The molecule has 1 aliphatic carbocycles. The molecule has 6 nitrogen and oxygen atoms in total. The van der Waals surface area contributed by atoms with E-state index >= 15 is 0 Å². The largest absolute Gasteiger partial charge is 0.464 e. The van der Waals surface area contributed by atoms with Crippen LogP contribution in [0, 0.1) is 0 Å². The zero-order chi connectivity index (χ0) is 22.7. The summed E-state index contributed by atoms with van der Waals surface area (Å²) in [6, 6.07) is 7.54. The van der Waals surface area contributed by atoms with Crippen LogP contribution < -0.4 is 9.05 Å². The molecule has 1 fully saturated rings. The summed E-state index contributed by atoms with van der Waals surface area (Å²) in [6.45, 7) is 5.21. The molecule has 2 aliphatic rings. The van der Waals surface area contributed by atoms with Gasteiger partial charge in [-0.15, -0.1) is 0 Å². The standard InChI is InChI=1S/C24H40O6P2/c1-3-5-7-14-20-26-32(25,27-21-15-8-6-4-2)24(18-12-9-13-19-24)30-31-28-22-16-10-11-17-23(22)29-31/h10-11,16-17H,3-9,12-15,18-21H2,1-2H3. The number of hydrogen-bond donors (Lipinski definition) is 0. The first-order valence-corrected chi connectivity index (χ1v) is 15.1. The summed E-state index contributed by atoms with van der Waals surface area (Å²) in [5, 5.41) is -1.01. The second kappa shape index (κ2) is 13.3. The lowest BCUT2D eigenvalue weighted by molar-refractivity contribution is 0.0500. The Labute approximate surface area is 195 Å². The molecule has 1 aliphatic heterocycles. The van der Waals surface area contributed by atoms with Crippen LogP contribution in [0.3, 0.4) is 0 Å². The van der Waals surface area contributed by atoms with Crippen LogP contribution in [0.4, 0.5) is 0 Å². The molecule has 3 rings (SSSR count). The Morgan fingerprint density at radius 3 is 1.88 bits per heavy atom. The fourth-order valence-electron chi connectivity index (χ4n) is 4.18. The fraction of sp³-hybridized carbons (Fsp3) is 0.750. The molecular weight excluding hydrogens is 446 g/mol. The summed E-state index contributed by atoms with van der Waals surface area (Å²) in [7, 11) is -5.23. The number of benzene rings is 1. The van der Waals surface area contributed by atoms with E-state index in [0.29, 0.717) is 37.6 Å². The number of para-hydroxylation sites is 2. The summed E-state index contributed by atoms with van der Waals surface area (Å²) >= 11 is 0. The highest BCUT2D eigenvalue weighted by Gasteiger charge is 2.56. The molecule has 1 heterocycles. The third-order valence-corrected chi connectivity index (χ3v) is 10.0. The molecule has 0 N–H and O–H groups in total. The Kier molecular flexibility index (Phi) is 10.8. The van der Waals surface area contributed by atoms with Crippen molar-refractivity contribution in [3.05, 3.63) is 24.3 Å². The second-order valence-corrected chi connectivity index (χ2v) is 12.1. The topological polar surface area (TPSA) is 63.2 Å². The van der Waals surface area contributed by atoms with E-state index in [2.05, 4.69) is 13.8 Å². The average molecular weight is 487 g/mol. The van der Waals surface area contributed by atoms with E-state index in [0.717, 1.165) is 70.6 Å². The van der Waals surface area contributed by atoms with Crippen LogP contribution in [0.5, 0.6) is 11.5 Å². The van der Waals surface area contributed by atoms with Crippen LogP contribution in [0.25, 0.3) is 0 Å². The van der Waals surface area contributed by atoms with E-state index < -0.39 is 21.5 Å². The van der Waals surface area contributed by atoms with Gasteiger partial charge in [0.2, 0.25) is 0 Å². The first-order chi connectivity index (χ1) is 15.6. The van der Waals surface area contributed by atoms with Crippen molar-refractivity contribution in [3.63, 3.8) is 0 Å². The SMILES string of the molecule is CCCCCCOP(=O)(OCCCCCC)C1(OP2Oc3ccccc3O2)CCCCC1. The van der Waals surface area contributed by atoms with Crippen molar-refractivity contribution < 1.29 is 27.2 Å². The quantitative estimate of drug-likeness (QED) is 0.182. The van der Waals surface area contributed by atoms with E-state index in [9.17, 15) is 4.57 Å². The van der Waals surface area contributed by atoms with Crippen molar-refractivity contribution in [2.24, 2.45) is 0 Å². The minimum Gasteiger partial charge on any atom is -0.414 e. The highest BCUT2D eigenvalue weighted by molar-refractivity contribution is 7.56. The molecule has 1 aromatic carbocycles. The predicted octanol–water partition coefficient (Wildman–Crippen LogP) is 8.75. The lowest BCUT2D eigenvalue weighted by atomic mass is 9.97. The van der Waals surface area contributed by atoms with Gasteiger partial charge in [0.1, 0.15) is 0 Å². The Hall–Kier alpha value is -0.640. The summed E-state index contributed by atoms with van der Waals surface area (Å²) in [4.78, 5) is 0. The molecular formula is C24H40O6P2. The molecule has 0 amide bonds. The van der Waals surface area contributed by atoms with Gasteiger partial charge in [-0.1, -0.05) is 70.9 Å². The molecule has 0 aromatic heterocycles. The smallest absolute Gasteiger partial charge is 0.414 e. The normalized spacial score (nSPS) is 18.2. The molecule has 1 saturated carbocycles. The van der Waals surface area contributed by atoms with Gasteiger partial charge in [0.25, 0.3) is 0 Å². The molecule has 0 saturated heterocycles. The van der Waals surface area contributed by atoms with Crippen molar-refractivity contribution in [3.8, 4) is 11.5 Å². The van der Waals surface area contributed by atoms with Gasteiger partial charge >= 0.3 is 16.2 Å². The number of fused-ring (bicyclic) bond motifs is 1. The monoisotopic (exact) mass is 486 g/mol. The van der Waals surface area contributed by atoms with Gasteiger partial charge < -0.3 is 18.1 Å². The second-order valence-electron chi connectivity index (χ2n) is 8.74. The van der Waals surface area contributed by atoms with Crippen LogP contribution in [0.2, 0.25) is 0 Å². The Bertz CT molecular complexity index is 679. The van der Waals surface area contributed by atoms with Crippen LogP contribution >= 0.6 is 16.2 Å². The number of hydrogen-bond acceptors (Lipinski definition) is 6. The van der Waals surface area contributed by atoms with Gasteiger partial charge in [-0.25, -0.2) is 0 Å². The summed E-state index contributed by atoms with van der Waals surface area (Å²) in [6.07, 6.45) is 12.7. The van der Waals surface area contributed by atoms with Crippen LogP contribution in [-0.2, 0) is 18.1 Å². The van der Waals surface area contributed by atoms with E-state index in [1.165, 1.54) is 0 Å². The molecule has 0 radical (unpaired) electrons. The van der Waals surface area contributed by atoms with Crippen molar-refractivity contribution in [1.82, 2.24) is 0 Å². The van der Waals surface area contributed by atoms with Crippen molar-refractivity contribution >= 4 is 16.2 Å². The van der Waals surface area contributed by atoms with Crippen LogP contribution in [0.15, 0.2) is 24.3 Å². The average Bonchev–Trinajstić information content (AvgIpc) is 3.21. The molecule has 0 bridgehead atoms. The van der Waals surface area contributed by atoms with E-state index in [-0.39, 0.29) is 0 Å². The molecule has 182 valence electrons. The zero-order valence-electron chi connectivity index (χ0n) is 19.8. The van der Waals surface area contributed by atoms with Gasteiger partial charge in [0.05, 0.1) is 13.2 Å². The third-order valence-electron chi connectivity index (χ3n) is 6.09. The van der Waals surface area contributed by atoms with Gasteiger partial charge in [-0.05, 0) is 50.7 Å². The third kappa shape index (κ3) is 6.93. The van der Waals surface area contributed by atoms with E-state index in [1.807, 2.05) is 24.3 Å². The van der Waals surface area contributed by atoms with Gasteiger partial charge in [0, 0.05) is 0 Å². The fourth-order valence-corrected chi connectivity index (χ4v) is 8.12. The number of unbranched alkanes of at least 4 members (excludes halogenated alkanes) is 6. The lowest BCUT2D eigenvalue weighted by Crippen LogP contribution is -2.36. The zero-order valence-corrected chi connectivity index (χ0v) is 21.5. The maximum atomic E-state index is 14.3. The Morgan fingerprint density at radius 2 is 1.38 bits per heavy atom. The maximum Gasteiger partial charge on any atom is 0.464 e. The molecule has 1 aromatic rings. The van der Waals surface area contributed by atoms with E-state index in [4.69, 9.17) is 22.6 Å². The Balaban J connectivity index is 1.72. The summed E-state index contributed by atoms with van der Waals surface area (Å²) in [5.74, 6) is 1.33. The minimum absolute atomic E-state index is 0.428. The van der Waals surface area contributed by atoms with E-state index in [1.54, 1.807) is 0 Å². The lowest BCUT2D eigenvalue weighted by Gasteiger charge is -2.41. The summed E-state index contributed by atoms with van der Waals surface area (Å²) in [5.41, 5.74) is 0. The van der Waals surface area contributed by atoms with Gasteiger partial charge in [-0.2, -0.15) is 0 Å². The molecule has 0 spiro atoms. The highest BCUT2D eigenvalue weighted by Crippen LogP contribution is 2.70. The van der Waals surface area contributed by atoms with Crippen molar-refractivity contribution in [1.29, 1.82) is 0 Å². The summed E-state index contributed by atoms with van der Waals surface area (Å²) < 4.78 is 44.9. The number of rotatable bonds is 15. The minimum atomic E-state index is -3.54. The first kappa shape index (κ1) is 26.0. The predicted molar refractivity (Wildman–Crippen MR) is 129 cm³/mol. The highest BCUT2D eigenvalue weighted by atomic mass is 31.2. The first-order valence-electron chi connectivity index (χ1n) is 12.5. The van der Waals surface area contributed by atoms with Crippen molar-refractivity contribution in [2.45, 2.75) is 103 Å². The van der Waals surface area contributed by atoms with Crippen molar-refractivity contribution in [2.75, 3.05) is 13.2 Å².